The highest BCUT2D eigenvalue weighted by molar-refractivity contribution is 7.18. The molecule has 2 heterocycles. The van der Waals surface area contributed by atoms with Crippen LogP contribution in [-0.2, 0) is 29.0 Å². The number of carbonyl (C=O) groups is 1. The highest BCUT2D eigenvalue weighted by Crippen LogP contribution is 2.43. The first-order valence-electron chi connectivity index (χ1n) is 9.87. The second kappa shape index (κ2) is 7.99. The van der Waals surface area contributed by atoms with Gasteiger partial charge in [0.2, 0.25) is 0 Å². The summed E-state index contributed by atoms with van der Waals surface area (Å²) < 4.78 is 12.0. The lowest BCUT2D eigenvalue weighted by Gasteiger charge is -2.25. The predicted octanol–water partition coefficient (Wildman–Crippen LogP) is 4.72. The van der Waals surface area contributed by atoms with Gasteiger partial charge in [0.05, 0.1) is 20.6 Å². The number of hydrogen-bond acceptors (Lipinski definition) is 7. The fourth-order valence-electron chi connectivity index (χ4n) is 3.87. The molecule has 0 N–H and O–H groups in total. The monoisotopic (exact) mass is 399 g/mol. The van der Waals surface area contributed by atoms with Gasteiger partial charge in [-0.1, -0.05) is 44.0 Å². The van der Waals surface area contributed by atoms with Gasteiger partial charge in [-0.2, -0.15) is 4.98 Å². The predicted molar refractivity (Wildman–Crippen MR) is 107 cm³/mol. The Labute approximate surface area is 168 Å². The molecule has 6 nitrogen and oxygen atoms in total. The molecule has 2 aromatic heterocycles. The lowest BCUT2D eigenvalue weighted by Crippen LogP contribution is -2.32. The van der Waals surface area contributed by atoms with Crippen molar-refractivity contribution >= 4 is 27.5 Å². The Bertz CT molecular complexity index is 924. The second-order valence-electron chi connectivity index (χ2n) is 8.02. The summed E-state index contributed by atoms with van der Waals surface area (Å²) in [5.41, 5.74) is 0.502. The molecule has 0 radical (unpaired) electrons. The number of esters is 1. The van der Waals surface area contributed by atoms with Gasteiger partial charge in [0.25, 0.3) is 5.89 Å². The third kappa shape index (κ3) is 4.09. The van der Waals surface area contributed by atoms with Crippen molar-refractivity contribution in [2.45, 2.75) is 59.0 Å². The summed E-state index contributed by atoms with van der Waals surface area (Å²) in [5.74, 6) is 1.29. The van der Waals surface area contributed by atoms with E-state index >= 15 is 0 Å². The Morgan fingerprint density at radius 1 is 1.25 bits per heavy atom. The molecule has 1 fully saturated rings. The van der Waals surface area contributed by atoms with Crippen molar-refractivity contribution in [1.29, 1.82) is 0 Å². The van der Waals surface area contributed by atoms with Crippen LogP contribution in [0.4, 0.5) is 0 Å². The molecule has 1 aliphatic rings. The van der Waals surface area contributed by atoms with E-state index in [9.17, 15) is 4.79 Å². The van der Waals surface area contributed by atoms with E-state index in [2.05, 4.69) is 30.1 Å². The van der Waals surface area contributed by atoms with E-state index in [1.165, 1.54) is 0 Å². The normalized spacial score (nSPS) is 16.1. The third-order valence-electron chi connectivity index (χ3n) is 5.25. The fourth-order valence-corrected chi connectivity index (χ4v) is 4.98. The maximum absolute atomic E-state index is 13.0. The second-order valence-corrected chi connectivity index (χ2v) is 9.13. The van der Waals surface area contributed by atoms with Gasteiger partial charge in [0, 0.05) is 12.8 Å². The number of fused-ring (bicyclic) bond motifs is 1. The quantitative estimate of drug-likeness (QED) is 0.535. The first kappa shape index (κ1) is 19.1. The standard InChI is InChI=1S/C21H25N3O3S/c1-14(2)11-17-23-18(27-24-17)13-26-20(25)21(9-5-6-10-21)12-19-22-15-7-3-4-8-16(15)28-19/h3-4,7-8,14H,5-6,9-13H2,1-2H3. The van der Waals surface area contributed by atoms with Crippen molar-refractivity contribution in [3.8, 4) is 0 Å². The SMILES string of the molecule is CC(C)Cc1noc(COC(=O)C2(Cc3nc4ccccc4s3)CCCC2)n1. The van der Waals surface area contributed by atoms with Gasteiger partial charge >= 0.3 is 5.97 Å². The highest BCUT2D eigenvalue weighted by Gasteiger charge is 2.43. The fraction of sp³-hybridized carbons (Fsp3) is 0.524. The van der Waals surface area contributed by atoms with Crippen LogP contribution in [0.2, 0.25) is 0 Å². The first-order valence-corrected chi connectivity index (χ1v) is 10.7. The van der Waals surface area contributed by atoms with Gasteiger partial charge < -0.3 is 9.26 Å². The Hall–Kier alpha value is -2.28. The topological polar surface area (TPSA) is 78.1 Å². The molecule has 0 unspecified atom stereocenters. The molecule has 0 aliphatic heterocycles. The van der Waals surface area contributed by atoms with Gasteiger partial charge in [0.1, 0.15) is 0 Å². The summed E-state index contributed by atoms with van der Waals surface area (Å²) in [4.78, 5) is 22.1. The minimum absolute atomic E-state index is 0.0333. The number of benzene rings is 1. The van der Waals surface area contributed by atoms with E-state index in [4.69, 9.17) is 14.2 Å². The zero-order valence-electron chi connectivity index (χ0n) is 16.3. The van der Waals surface area contributed by atoms with Crippen molar-refractivity contribution in [2.24, 2.45) is 11.3 Å². The van der Waals surface area contributed by atoms with E-state index in [0.29, 0.717) is 24.1 Å². The van der Waals surface area contributed by atoms with Gasteiger partial charge in [-0.15, -0.1) is 11.3 Å². The molecule has 7 heteroatoms. The highest BCUT2D eigenvalue weighted by atomic mass is 32.1. The van der Waals surface area contributed by atoms with E-state index in [-0.39, 0.29) is 12.6 Å². The molecule has 28 heavy (non-hydrogen) atoms. The molecule has 0 atom stereocenters. The van der Waals surface area contributed by atoms with E-state index in [0.717, 1.165) is 47.3 Å². The molecule has 0 amide bonds. The number of carbonyl (C=O) groups excluding carboxylic acids is 1. The zero-order valence-corrected chi connectivity index (χ0v) is 17.1. The Morgan fingerprint density at radius 2 is 2.04 bits per heavy atom. The van der Waals surface area contributed by atoms with Crippen LogP contribution < -0.4 is 0 Å². The van der Waals surface area contributed by atoms with Crippen LogP contribution in [0.1, 0.15) is 56.3 Å². The van der Waals surface area contributed by atoms with E-state index in [1.54, 1.807) is 11.3 Å². The van der Waals surface area contributed by atoms with Gasteiger partial charge in [0.15, 0.2) is 12.4 Å². The van der Waals surface area contributed by atoms with Crippen molar-refractivity contribution in [3.63, 3.8) is 0 Å². The van der Waals surface area contributed by atoms with Crippen molar-refractivity contribution in [3.05, 3.63) is 41.0 Å². The van der Waals surface area contributed by atoms with Crippen LogP contribution in [-0.4, -0.2) is 21.1 Å². The summed E-state index contributed by atoms with van der Waals surface area (Å²) >= 11 is 1.66. The third-order valence-corrected chi connectivity index (χ3v) is 6.29. The van der Waals surface area contributed by atoms with Crippen LogP contribution in [0.3, 0.4) is 0 Å². The Kier molecular flexibility index (Phi) is 5.44. The molecule has 1 aliphatic carbocycles. The van der Waals surface area contributed by atoms with Gasteiger partial charge in [-0.05, 0) is 30.9 Å². The van der Waals surface area contributed by atoms with Crippen LogP contribution in [0.25, 0.3) is 10.2 Å². The smallest absolute Gasteiger partial charge is 0.313 e. The molecule has 1 saturated carbocycles. The van der Waals surface area contributed by atoms with Gasteiger partial charge in [-0.25, -0.2) is 4.98 Å². The number of nitrogens with zero attached hydrogens (tertiary/aromatic N) is 3. The number of thiazole rings is 1. The lowest BCUT2D eigenvalue weighted by molar-refractivity contribution is -0.158. The Balaban J connectivity index is 1.44. The van der Waals surface area contributed by atoms with Crippen LogP contribution in [0.5, 0.6) is 0 Å². The van der Waals surface area contributed by atoms with Gasteiger partial charge in [-0.3, -0.25) is 4.79 Å². The van der Waals surface area contributed by atoms with E-state index in [1.807, 2.05) is 18.2 Å². The molecular formula is C21H25N3O3S. The molecule has 0 saturated heterocycles. The first-order chi connectivity index (χ1) is 13.5. The van der Waals surface area contributed by atoms with Crippen LogP contribution in [0.15, 0.2) is 28.8 Å². The average molecular weight is 400 g/mol. The molecule has 4 rings (SSSR count). The minimum atomic E-state index is -0.491. The number of rotatable bonds is 7. The largest absolute Gasteiger partial charge is 0.455 e. The lowest BCUT2D eigenvalue weighted by atomic mass is 9.83. The molecule has 1 aromatic carbocycles. The summed E-state index contributed by atoms with van der Waals surface area (Å²) in [7, 11) is 0. The molecule has 148 valence electrons. The summed E-state index contributed by atoms with van der Waals surface area (Å²) in [6.07, 6.45) is 5.14. The van der Waals surface area contributed by atoms with Crippen LogP contribution in [0, 0.1) is 11.3 Å². The molecule has 3 aromatic rings. The van der Waals surface area contributed by atoms with E-state index < -0.39 is 5.41 Å². The van der Waals surface area contributed by atoms with Crippen molar-refractivity contribution in [1.82, 2.24) is 15.1 Å². The maximum Gasteiger partial charge on any atom is 0.313 e. The maximum atomic E-state index is 13.0. The summed E-state index contributed by atoms with van der Waals surface area (Å²) in [5, 5.41) is 4.95. The summed E-state index contributed by atoms with van der Waals surface area (Å²) in [6, 6.07) is 8.09. The summed E-state index contributed by atoms with van der Waals surface area (Å²) in [6.45, 7) is 4.23. The Morgan fingerprint density at radius 3 is 2.79 bits per heavy atom. The van der Waals surface area contributed by atoms with Crippen molar-refractivity contribution in [2.75, 3.05) is 0 Å². The zero-order chi connectivity index (χ0) is 19.6. The minimum Gasteiger partial charge on any atom is -0.455 e. The average Bonchev–Trinajstić information content (AvgIpc) is 3.39. The number of aromatic nitrogens is 3. The molecular weight excluding hydrogens is 374 g/mol. The molecule has 0 spiro atoms. The van der Waals surface area contributed by atoms with Crippen molar-refractivity contribution < 1.29 is 14.1 Å². The number of hydrogen-bond donors (Lipinski definition) is 0. The molecule has 0 bridgehead atoms. The van der Waals surface area contributed by atoms with Crippen LogP contribution >= 0.6 is 11.3 Å². The number of para-hydroxylation sites is 1. The number of ether oxygens (including phenoxy) is 1.